The molecule has 21 heavy (non-hydrogen) atoms. The number of aromatic carboxylic acids is 1. The monoisotopic (exact) mass is 305 g/mol. The van der Waals surface area contributed by atoms with Gasteiger partial charge in [0, 0.05) is 6.07 Å². The van der Waals surface area contributed by atoms with Crippen molar-refractivity contribution in [2.24, 2.45) is 0 Å². The van der Waals surface area contributed by atoms with E-state index in [1.807, 2.05) is 0 Å². The summed E-state index contributed by atoms with van der Waals surface area (Å²) in [7, 11) is 1.48. The van der Waals surface area contributed by atoms with Crippen molar-refractivity contribution in [3.05, 3.63) is 58.1 Å². The van der Waals surface area contributed by atoms with Gasteiger partial charge < -0.3 is 9.84 Å². The van der Waals surface area contributed by atoms with Gasteiger partial charge in [-0.1, -0.05) is 30.0 Å². The number of methoxy groups -OCH3 is 1. The molecule has 1 N–H and O–H groups in total. The molecule has 0 aliphatic rings. The molecule has 0 saturated heterocycles. The molecule has 2 aromatic carbocycles. The molecule has 0 radical (unpaired) electrons. The molecule has 2 aromatic rings. The zero-order valence-corrected chi connectivity index (χ0v) is 11.8. The quantitative estimate of drug-likeness (QED) is 0.672. The third-order valence-corrected chi connectivity index (χ3v) is 3.89. The van der Waals surface area contributed by atoms with E-state index in [2.05, 4.69) is 0 Å². The van der Waals surface area contributed by atoms with Gasteiger partial charge in [0.15, 0.2) is 0 Å². The molecule has 0 unspecified atom stereocenters. The molecule has 108 valence electrons. The summed E-state index contributed by atoms with van der Waals surface area (Å²) in [6.07, 6.45) is 0. The summed E-state index contributed by atoms with van der Waals surface area (Å²) in [5, 5.41) is 20.3. The number of carbonyl (C=O) groups is 1. The van der Waals surface area contributed by atoms with Crippen LogP contribution in [0.4, 0.5) is 5.69 Å². The molecule has 2 rings (SSSR count). The van der Waals surface area contributed by atoms with Gasteiger partial charge in [-0.2, -0.15) is 0 Å². The van der Waals surface area contributed by atoms with Crippen molar-refractivity contribution in [2.75, 3.05) is 7.11 Å². The summed E-state index contributed by atoms with van der Waals surface area (Å²) in [5.41, 5.74) is -0.356. The fourth-order valence-corrected chi connectivity index (χ4v) is 2.89. The first-order valence-corrected chi connectivity index (χ1v) is 6.67. The SMILES string of the molecule is COc1ccccc1Sc1c(C(=O)O)cccc1[N+](=O)[O-]. The molecule has 0 amide bonds. The third kappa shape index (κ3) is 3.14. The number of ether oxygens (including phenoxy) is 1. The molecule has 6 nitrogen and oxygen atoms in total. The second-order valence-corrected chi connectivity index (χ2v) is 5.02. The van der Waals surface area contributed by atoms with Gasteiger partial charge in [-0.25, -0.2) is 4.79 Å². The number of nitrogens with zero attached hydrogens (tertiary/aromatic N) is 1. The van der Waals surface area contributed by atoms with Crippen LogP contribution in [0.25, 0.3) is 0 Å². The number of hydrogen-bond donors (Lipinski definition) is 1. The highest BCUT2D eigenvalue weighted by Crippen LogP contribution is 2.41. The van der Waals surface area contributed by atoms with Crippen LogP contribution >= 0.6 is 11.8 Å². The Hall–Kier alpha value is -2.54. The minimum Gasteiger partial charge on any atom is -0.496 e. The van der Waals surface area contributed by atoms with E-state index in [0.717, 1.165) is 11.8 Å². The van der Waals surface area contributed by atoms with Gasteiger partial charge in [0.05, 0.1) is 22.5 Å². The summed E-state index contributed by atoms with van der Waals surface area (Å²) >= 11 is 1.00. The first-order valence-electron chi connectivity index (χ1n) is 5.86. The van der Waals surface area contributed by atoms with E-state index in [0.29, 0.717) is 10.6 Å². The minimum absolute atomic E-state index is 0.0829. The van der Waals surface area contributed by atoms with Crippen LogP contribution in [-0.2, 0) is 0 Å². The van der Waals surface area contributed by atoms with Crippen molar-refractivity contribution < 1.29 is 19.6 Å². The summed E-state index contributed by atoms with van der Waals surface area (Å²) in [5.74, 6) is -0.687. The fourth-order valence-electron chi connectivity index (χ4n) is 1.76. The summed E-state index contributed by atoms with van der Waals surface area (Å²) < 4.78 is 5.18. The normalized spacial score (nSPS) is 10.1. The van der Waals surface area contributed by atoms with E-state index in [4.69, 9.17) is 4.74 Å². The van der Waals surface area contributed by atoms with E-state index >= 15 is 0 Å². The maximum atomic E-state index is 11.3. The third-order valence-electron chi connectivity index (χ3n) is 2.70. The molecular formula is C14H11NO5S. The van der Waals surface area contributed by atoms with Crippen LogP contribution in [0.2, 0.25) is 0 Å². The van der Waals surface area contributed by atoms with E-state index in [-0.39, 0.29) is 16.1 Å². The number of para-hydroxylation sites is 1. The molecule has 0 atom stereocenters. The average Bonchev–Trinajstić information content (AvgIpc) is 2.47. The van der Waals surface area contributed by atoms with Crippen molar-refractivity contribution >= 4 is 23.4 Å². The molecule has 0 fully saturated rings. The van der Waals surface area contributed by atoms with Crippen LogP contribution in [0.5, 0.6) is 5.75 Å². The number of carboxylic acids is 1. The van der Waals surface area contributed by atoms with E-state index in [1.54, 1.807) is 24.3 Å². The van der Waals surface area contributed by atoms with Crippen molar-refractivity contribution in [1.82, 2.24) is 0 Å². The maximum absolute atomic E-state index is 11.3. The zero-order chi connectivity index (χ0) is 15.4. The Morgan fingerprint density at radius 3 is 2.57 bits per heavy atom. The Bertz CT molecular complexity index is 669. The van der Waals surface area contributed by atoms with Gasteiger partial charge in [0.25, 0.3) is 5.69 Å². The smallest absolute Gasteiger partial charge is 0.337 e. The van der Waals surface area contributed by atoms with Gasteiger partial charge in [-0.3, -0.25) is 10.1 Å². The topological polar surface area (TPSA) is 89.7 Å². The number of hydrogen-bond acceptors (Lipinski definition) is 5. The lowest BCUT2D eigenvalue weighted by Crippen LogP contribution is -2.02. The lowest BCUT2D eigenvalue weighted by molar-refractivity contribution is -0.387. The molecule has 0 aliphatic heterocycles. The van der Waals surface area contributed by atoms with Crippen LogP contribution in [0, 0.1) is 10.1 Å². The van der Waals surface area contributed by atoms with Crippen molar-refractivity contribution in [1.29, 1.82) is 0 Å². The summed E-state index contributed by atoms with van der Waals surface area (Å²) in [6.45, 7) is 0. The zero-order valence-electron chi connectivity index (χ0n) is 11.0. The summed E-state index contributed by atoms with van der Waals surface area (Å²) in [4.78, 5) is 22.5. The molecule has 0 saturated carbocycles. The minimum atomic E-state index is -1.21. The number of benzene rings is 2. The molecule has 0 heterocycles. The predicted octanol–water partition coefficient (Wildman–Crippen LogP) is 3.45. The number of nitro groups is 1. The highest BCUT2D eigenvalue weighted by atomic mass is 32.2. The Balaban J connectivity index is 2.56. The van der Waals surface area contributed by atoms with Gasteiger partial charge in [-0.05, 0) is 18.2 Å². The molecule has 0 bridgehead atoms. The highest BCUT2D eigenvalue weighted by molar-refractivity contribution is 7.99. The van der Waals surface area contributed by atoms with Crippen LogP contribution in [0.1, 0.15) is 10.4 Å². The molecule has 0 aliphatic carbocycles. The van der Waals surface area contributed by atoms with Crippen LogP contribution in [0.15, 0.2) is 52.3 Å². The fraction of sp³-hybridized carbons (Fsp3) is 0.0714. The maximum Gasteiger partial charge on any atom is 0.337 e. The second kappa shape index (κ2) is 6.27. The first-order chi connectivity index (χ1) is 10.0. The van der Waals surface area contributed by atoms with E-state index in [9.17, 15) is 20.0 Å². The number of carboxylic acid groups (broad SMARTS) is 1. The van der Waals surface area contributed by atoms with Crippen LogP contribution in [0.3, 0.4) is 0 Å². The molecule has 0 spiro atoms. The van der Waals surface area contributed by atoms with Gasteiger partial charge in [0.1, 0.15) is 10.6 Å². The molecule has 0 aromatic heterocycles. The Morgan fingerprint density at radius 2 is 1.95 bits per heavy atom. The van der Waals surface area contributed by atoms with Crippen molar-refractivity contribution in [3.63, 3.8) is 0 Å². The highest BCUT2D eigenvalue weighted by Gasteiger charge is 2.23. The van der Waals surface area contributed by atoms with Gasteiger partial charge >= 0.3 is 5.97 Å². The largest absolute Gasteiger partial charge is 0.496 e. The first kappa shape index (κ1) is 14.9. The standard InChI is InChI=1S/C14H11NO5S/c1-20-11-7-2-3-8-12(11)21-13-9(14(16)17)5-4-6-10(13)15(18)19/h2-8H,1H3,(H,16,17). The Kier molecular flexibility index (Phi) is 4.44. The lowest BCUT2D eigenvalue weighted by atomic mass is 10.2. The molecular weight excluding hydrogens is 294 g/mol. The predicted molar refractivity (Wildman–Crippen MR) is 77.2 cm³/mol. The Morgan fingerprint density at radius 1 is 1.24 bits per heavy atom. The lowest BCUT2D eigenvalue weighted by Gasteiger charge is -2.09. The number of nitro benzene ring substituents is 1. The summed E-state index contributed by atoms with van der Waals surface area (Å²) in [6, 6.07) is 10.9. The van der Waals surface area contributed by atoms with E-state index < -0.39 is 10.9 Å². The molecule has 7 heteroatoms. The van der Waals surface area contributed by atoms with Crippen molar-refractivity contribution in [2.45, 2.75) is 9.79 Å². The van der Waals surface area contributed by atoms with Crippen LogP contribution < -0.4 is 4.74 Å². The van der Waals surface area contributed by atoms with Gasteiger partial charge in [-0.15, -0.1) is 0 Å². The second-order valence-electron chi connectivity index (χ2n) is 3.97. The van der Waals surface area contributed by atoms with Crippen molar-refractivity contribution in [3.8, 4) is 5.75 Å². The average molecular weight is 305 g/mol. The Labute approximate surface area is 124 Å². The van der Waals surface area contributed by atoms with E-state index in [1.165, 1.54) is 25.3 Å². The van der Waals surface area contributed by atoms with Crippen LogP contribution in [-0.4, -0.2) is 23.1 Å². The number of rotatable bonds is 5. The van der Waals surface area contributed by atoms with Gasteiger partial charge in [0.2, 0.25) is 0 Å².